The van der Waals surface area contributed by atoms with E-state index < -0.39 is 0 Å². The van der Waals surface area contributed by atoms with Gasteiger partial charge in [-0.1, -0.05) is 57.1 Å². The number of halogens is 1. The Balaban J connectivity index is 1.84. The van der Waals surface area contributed by atoms with Crippen LogP contribution < -0.4 is 0 Å². The van der Waals surface area contributed by atoms with E-state index in [2.05, 4.69) is 31.8 Å². The molecule has 0 unspecified atom stereocenters. The molecule has 1 aromatic rings. The predicted octanol–water partition coefficient (Wildman–Crippen LogP) is 6.68. The molecule has 1 aliphatic rings. The molecule has 0 radical (unpaired) electrons. The van der Waals surface area contributed by atoms with Crippen molar-refractivity contribution in [3.63, 3.8) is 0 Å². The SMILES string of the molecule is CCCCc1ccc(C#C/C=C/[C@H]2CC[C@H](CCC)CC2)c(F)c1. The minimum atomic E-state index is -0.190. The molecule has 0 aromatic heterocycles. The normalized spacial score (nSPS) is 20.8. The summed E-state index contributed by atoms with van der Waals surface area (Å²) in [6.07, 6.45) is 15.3. The van der Waals surface area contributed by atoms with Crippen LogP contribution in [0.3, 0.4) is 0 Å². The Labute approximate surface area is 147 Å². The van der Waals surface area contributed by atoms with E-state index in [0.29, 0.717) is 11.5 Å². The quantitative estimate of drug-likeness (QED) is 0.511. The van der Waals surface area contributed by atoms with E-state index in [9.17, 15) is 4.39 Å². The summed E-state index contributed by atoms with van der Waals surface area (Å²) in [6, 6.07) is 5.46. The second-order valence-corrected chi connectivity index (χ2v) is 7.12. The molecule has 0 heterocycles. The third kappa shape index (κ3) is 6.16. The molecule has 1 aromatic carbocycles. The Hall–Kier alpha value is -1.55. The van der Waals surface area contributed by atoms with Crippen molar-refractivity contribution in [3.05, 3.63) is 47.3 Å². The van der Waals surface area contributed by atoms with E-state index in [1.165, 1.54) is 38.5 Å². The first kappa shape index (κ1) is 18.8. The van der Waals surface area contributed by atoms with Gasteiger partial charge in [-0.25, -0.2) is 4.39 Å². The fourth-order valence-corrected chi connectivity index (χ4v) is 3.58. The van der Waals surface area contributed by atoms with Gasteiger partial charge in [-0.15, -0.1) is 0 Å². The van der Waals surface area contributed by atoms with E-state index in [0.717, 1.165) is 30.7 Å². The lowest BCUT2D eigenvalue weighted by Crippen LogP contribution is -2.12. The fraction of sp³-hybridized carbons (Fsp3) is 0.565. The Morgan fingerprint density at radius 3 is 2.58 bits per heavy atom. The van der Waals surface area contributed by atoms with E-state index in [-0.39, 0.29) is 5.82 Å². The molecule has 1 saturated carbocycles. The van der Waals surface area contributed by atoms with Crippen molar-refractivity contribution in [2.45, 2.75) is 71.6 Å². The van der Waals surface area contributed by atoms with E-state index in [1.807, 2.05) is 18.2 Å². The fourth-order valence-electron chi connectivity index (χ4n) is 3.58. The van der Waals surface area contributed by atoms with E-state index >= 15 is 0 Å². The number of rotatable bonds is 6. The van der Waals surface area contributed by atoms with Gasteiger partial charge in [-0.05, 0) is 74.1 Å². The highest BCUT2D eigenvalue weighted by molar-refractivity contribution is 5.39. The summed E-state index contributed by atoms with van der Waals surface area (Å²) in [7, 11) is 0. The molecule has 0 N–H and O–H groups in total. The zero-order valence-electron chi connectivity index (χ0n) is 15.3. The molecule has 130 valence electrons. The number of hydrogen-bond acceptors (Lipinski definition) is 0. The largest absolute Gasteiger partial charge is 0.206 e. The third-order valence-electron chi connectivity index (χ3n) is 5.10. The molecule has 1 aliphatic carbocycles. The maximum Gasteiger partial charge on any atom is 0.139 e. The van der Waals surface area contributed by atoms with Crippen LogP contribution in [0.15, 0.2) is 30.4 Å². The molecule has 0 bridgehead atoms. The van der Waals surface area contributed by atoms with Crippen molar-refractivity contribution in [3.8, 4) is 11.8 Å². The molecule has 0 spiro atoms. The highest BCUT2D eigenvalue weighted by atomic mass is 19.1. The second kappa shape index (κ2) is 10.3. The van der Waals surface area contributed by atoms with Crippen LogP contribution in [-0.4, -0.2) is 0 Å². The van der Waals surface area contributed by atoms with Crippen LogP contribution in [0.2, 0.25) is 0 Å². The van der Waals surface area contributed by atoms with Crippen molar-refractivity contribution in [1.82, 2.24) is 0 Å². The molecular formula is C23H31F. The Morgan fingerprint density at radius 2 is 1.92 bits per heavy atom. The second-order valence-electron chi connectivity index (χ2n) is 7.12. The number of benzene rings is 1. The van der Waals surface area contributed by atoms with Crippen LogP contribution in [0.4, 0.5) is 4.39 Å². The first-order chi connectivity index (χ1) is 11.7. The predicted molar refractivity (Wildman–Crippen MR) is 101 cm³/mol. The summed E-state index contributed by atoms with van der Waals surface area (Å²) in [5.74, 6) is 7.38. The Morgan fingerprint density at radius 1 is 1.12 bits per heavy atom. The number of hydrogen-bond donors (Lipinski definition) is 0. The molecular weight excluding hydrogens is 295 g/mol. The van der Waals surface area contributed by atoms with Crippen LogP contribution >= 0.6 is 0 Å². The lowest BCUT2D eigenvalue weighted by atomic mass is 9.80. The van der Waals surface area contributed by atoms with Crippen molar-refractivity contribution in [2.75, 3.05) is 0 Å². The number of unbranched alkanes of at least 4 members (excludes halogenated alkanes) is 1. The molecule has 1 fully saturated rings. The van der Waals surface area contributed by atoms with Gasteiger partial charge in [-0.2, -0.15) is 0 Å². The molecule has 0 amide bonds. The van der Waals surface area contributed by atoms with Gasteiger partial charge >= 0.3 is 0 Å². The lowest BCUT2D eigenvalue weighted by molar-refractivity contribution is 0.294. The zero-order chi connectivity index (χ0) is 17.2. The van der Waals surface area contributed by atoms with Crippen LogP contribution in [0.5, 0.6) is 0 Å². The van der Waals surface area contributed by atoms with Gasteiger partial charge in [-0.3, -0.25) is 0 Å². The Kier molecular flexibility index (Phi) is 8.10. The van der Waals surface area contributed by atoms with Crippen molar-refractivity contribution in [2.24, 2.45) is 11.8 Å². The molecule has 0 saturated heterocycles. The maximum atomic E-state index is 14.0. The van der Waals surface area contributed by atoms with Gasteiger partial charge in [0.05, 0.1) is 5.56 Å². The average Bonchev–Trinajstić information content (AvgIpc) is 2.60. The summed E-state index contributed by atoms with van der Waals surface area (Å²) >= 11 is 0. The van der Waals surface area contributed by atoms with Crippen molar-refractivity contribution < 1.29 is 4.39 Å². The molecule has 0 atom stereocenters. The lowest BCUT2D eigenvalue weighted by Gasteiger charge is -2.26. The molecule has 0 aliphatic heterocycles. The minimum Gasteiger partial charge on any atom is -0.206 e. The Bertz CT molecular complexity index is 580. The highest BCUT2D eigenvalue weighted by Crippen LogP contribution is 2.32. The van der Waals surface area contributed by atoms with Crippen molar-refractivity contribution >= 4 is 0 Å². The van der Waals surface area contributed by atoms with Crippen LogP contribution in [0, 0.1) is 29.5 Å². The standard InChI is InChI=1S/C23H31F/c1-3-5-9-21-16-17-22(23(24)18-21)11-7-6-10-20-14-12-19(8-4-2)13-15-20/h6,10,16-20H,3-5,8-9,12-15H2,1-2H3/b10-6+/t19-,20-. The van der Waals surface area contributed by atoms with Crippen LogP contribution in [0.25, 0.3) is 0 Å². The summed E-state index contributed by atoms with van der Waals surface area (Å²) in [5, 5.41) is 0. The molecule has 2 rings (SSSR count). The average molecular weight is 326 g/mol. The molecule has 1 heteroatoms. The minimum absolute atomic E-state index is 0.190. The van der Waals surface area contributed by atoms with Gasteiger partial charge < -0.3 is 0 Å². The summed E-state index contributed by atoms with van der Waals surface area (Å²) in [5.41, 5.74) is 1.57. The van der Waals surface area contributed by atoms with Crippen LogP contribution in [0.1, 0.15) is 76.3 Å². The smallest absolute Gasteiger partial charge is 0.139 e. The summed E-state index contributed by atoms with van der Waals surface area (Å²) < 4.78 is 14.0. The van der Waals surface area contributed by atoms with Gasteiger partial charge in [0.2, 0.25) is 0 Å². The maximum absolute atomic E-state index is 14.0. The van der Waals surface area contributed by atoms with Gasteiger partial charge in [0, 0.05) is 0 Å². The first-order valence-electron chi connectivity index (χ1n) is 9.69. The zero-order valence-corrected chi connectivity index (χ0v) is 15.3. The first-order valence-corrected chi connectivity index (χ1v) is 9.69. The number of aryl methyl sites for hydroxylation is 1. The van der Waals surface area contributed by atoms with E-state index in [1.54, 1.807) is 6.07 Å². The molecule has 24 heavy (non-hydrogen) atoms. The highest BCUT2D eigenvalue weighted by Gasteiger charge is 2.18. The summed E-state index contributed by atoms with van der Waals surface area (Å²) in [6.45, 7) is 4.43. The van der Waals surface area contributed by atoms with Crippen LogP contribution in [-0.2, 0) is 6.42 Å². The number of allylic oxidation sites excluding steroid dienone is 2. The summed E-state index contributed by atoms with van der Waals surface area (Å²) in [4.78, 5) is 0. The van der Waals surface area contributed by atoms with Crippen molar-refractivity contribution in [1.29, 1.82) is 0 Å². The third-order valence-corrected chi connectivity index (χ3v) is 5.10. The topological polar surface area (TPSA) is 0 Å². The van der Waals surface area contributed by atoms with Gasteiger partial charge in [0.1, 0.15) is 5.82 Å². The van der Waals surface area contributed by atoms with E-state index in [4.69, 9.17) is 0 Å². The van der Waals surface area contributed by atoms with Gasteiger partial charge in [0.25, 0.3) is 0 Å². The van der Waals surface area contributed by atoms with Gasteiger partial charge in [0.15, 0.2) is 0 Å². The monoisotopic (exact) mass is 326 g/mol. The molecule has 0 nitrogen and oxygen atoms in total.